The molecule has 4 rings (SSSR count). The number of carbonyl (C=O) groups excluding carboxylic acids is 2. The summed E-state index contributed by atoms with van der Waals surface area (Å²) in [7, 11) is 0. The van der Waals surface area contributed by atoms with Crippen molar-refractivity contribution in [3.05, 3.63) is 82.0 Å². The summed E-state index contributed by atoms with van der Waals surface area (Å²) < 4.78 is 6.81. The maximum Gasteiger partial charge on any atom is 0.329 e. The molecular weight excluding hydrogens is 464 g/mol. The van der Waals surface area contributed by atoms with E-state index in [0.29, 0.717) is 22.8 Å². The fraction of sp³-hybridized carbons (Fsp3) is 0.0870. The van der Waals surface area contributed by atoms with Crippen LogP contribution in [0.15, 0.2) is 70.8 Å². The van der Waals surface area contributed by atoms with Crippen LogP contribution in [-0.4, -0.2) is 34.5 Å². The van der Waals surface area contributed by atoms with E-state index in [2.05, 4.69) is 21.2 Å². The molecule has 1 fully saturated rings. The van der Waals surface area contributed by atoms with Crippen LogP contribution in [0.3, 0.4) is 0 Å². The minimum atomic E-state index is -1.27. The van der Waals surface area contributed by atoms with Crippen molar-refractivity contribution in [2.24, 2.45) is 0 Å². The molecule has 2 N–H and O–H groups in total. The van der Waals surface area contributed by atoms with Crippen molar-refractivity contribution in [1.82, 2.24) is 10.2 Å². The Labute approximate surface area is 186 Å². The summed E-state index contributed by atoms with van der Waals surface area (Å²) in [5.41, 5.74) is 1.56. The van der Waals surface area contributed by atoms with Gasteiger partial charge in [-0.25, -0.2) is 9.69 Å². The Morgan fingerprint density at radius 3 is 2.68 bits per heavy atom. The normalized spacial score (nSPS) is 14.9. The first-order valence-corrected chi connectivity index (χ1v) is 10.2. The molecule has 1 aliphatic rings. The SMILES string of the molecule is O=C(O)CN1C(=O)N/C(=C/c2cc(Br)ccc2OCc2cccc3ccccc23)C1=O. The van der Waals surface area contributed by atoms with Crippen LogP contribution in [0.5, 0.6) is 5.75 Å². The van der Waals surface area contributed by atoms with E-state index in [1.54, 1.807) is 12.1 Å². The molecule has 0 saturated carbocycles. The Kier molecular flexibility index (Phi) is 5.73. The molecular formula is C23H17BrN2O5. The Balaban J connectivity index is 1.61. The van der Waals surface area contributed by atoms with E-state index in [1.807, 2.05) is 48.5 Å². The lowest BCUT2D eigenvalue weighted by molar-refractivity contribution is -0.140. The molecule has 0 aromatic heterocycles. The summed E-state index contributed by atoms with van der Waals surface area (Å²) in [6.07, 6.45) is 1.48. The van der Waals surface area contributed by atoms with Crippen molar-refractivity contribution >= 4 is 50.7 Å². The predicted molar refractivity (Wildman–Crippen MR) is 118 cm³/mol. The highest BCUT2D eigenvalue weighted by molar-refractivity contribution is 9.10. The first-order chi connectivity index (χ1) is 14.9. The molecule has 0 unspecified atom stereocenters. The monoisotopic (exact) mass is 480 g/mol. The van der Waals surface area contributed by atoms with Crippen molar-refractivity contribution in [2.75, 3.05) is 6.54 Å². The number of nitrogens with zero attached hydrogens (tertiary/aromatic N) is 1. The van der Waals surface area contributed by atoms with Crippen molar-refractivity contribution in [1.29, 1.82) is 0 Å². The third-order valence-corrected chi connectivity index (χ3v) is 5.28. The number of halogens is 1. The van der Waals surface area contributed by atoms with E-state index < -0.39 is 24.5 Å². The molecule has 0 radical (unpaired) electrons. The first-order valence-electron chi connectivity index (χ1n) is 9.38. The number of aliphatic carboxylic acids is 1. The lowest BCUT2D eigenvalue weighted by Gasteiger charge is -2.12. The molecule has 0 atom stereocenters. The van der Waals surface area contributed by atoms with Crippen LogP contribution in [0.25, 0.3) is 16.8 Å². The van der Waals surface area contributed by atoms with Crippen molar-refractivity contribution in [2.45, 2.75) is 6.61 Å². The van der Waals surface area contributed by atoms with Crippen LogP contribution < -0.4 is 10.1 Å². The fourth-order valence-electron chi connectivity index (χ4n) is 3.34. The standard InChI is InChI=1S/C23H17BrN2O5/c24-17-8-9-20(31-13-15-6-3-5-14-4-1-2-7-18(14)15)16(10-17)11-19-22(29)26(12-21(27)28)23(30)25-19/h1-11H,12-13H2,(H,25,30)(H,27,28)/b19-11+. The number of ether oxygens (including phenoxy) is 1. The number of nitrogens with one attached hydrogen (secondary N) is 1. The van der Waals surface area contributed by atoms with E-state index in [0.717, 1.165) is 20.8 Å². The number of hydrogen-bond donors (Lipinski definition) is 2. The van der Waals surface area contributed by atoms with Gasteiger partial charge in [0, 0.05) is 10.0 Å². The third kappa shape index (κ3) is 4.44. The molecule has 156 valence electrons. The van der Waals surface area contributed by atoms with Gasteiger partial charge in [-0.15, -0.1) is 0 Å². The van der Waals surface area contributed by atoms with Crippen LogP contribution in [0.2, 0.25) is 0 Å². The summed E-state index contributed by atoms with van der Waals surface area (Å²) in [6, 6.07) is 18.6. The topological polar surface area (TPSA) is 95.9 Å². The highest BCUT2D eigenvalue weighted by Crippen LogP contribution is 2.28. The molecule has 7 nitrogen and oxygen atoms in total. The number of carbonyl (C=O) groups is 3. The zero-order valence-electron chi connectivity index (χ0n) is 16.2. The lowest BCUT2D eigenvalue weighted by Crippen LogP contribution is -2.35. The summed E-state index contributed by atoms with van der Waals surface area (Å²) in [5, 5.41) is 13.5. The molecule has 0 bridgehead atoms. The fourth-order valence-corrected chi connectivity index (χ4v) is 3.72. The highest BCUT2D eigenvalue weighted by atomic mass is 79.9. The quantitative estimate of drug-likeness (QED) is 0.407. The Morgan fingerprint density at radius 1 is 1.10 bits per heavy atom. The summed E-state index contributed by atoms with van der Waals surface area (Å²) in [6.45, 7) is -0.393. The van der Waals surface area contributed by atoms with E-state index in [-0.39, 0.29) is 5.70 Å². The molecule has 0 spiro atoms. The second-order valence-electron chi connectivity index (χ2n) is 6.88. The molecule has 1 aliphatic heterocycles. The molecule has 3 aromatic carbocycles. The number of benzene rings is 3. The Bertz CT molecular complexity index is 1230. The van der Waals surface area contributed by atoms with Gasteiger partial charge in [-0.3, -0.25) is 9.59 Å². The van der Waals surface area contributed by atoms with Crippen molar-refractivity contribution in [3.8, 4) is 5.75 Å². The number of imide groups is 1. The number of rotatable bonds is 6. The Morgan fingerprint density at radius 2 is 1.87 bits per heavy atom. The molecule has 31 heavy (non-hydrogen) atoms. The third-order valence-electron chi connectivity index (χ3n) is 4.79. The van der Waals surface area contributed by atoms with E-state index >= 15 is 0 Å². The van der Waals surface area contributed by atoms with Gasteiger partial charge in [-0.2, -0.15) is 0 Å². The van der Waals surface area contributed by atoms with Gasteiger partial charge in [0.1, 0.15) is 24.6 Å². The average Bonchev–Trinajstić information content (AvgIpc) is 3.00. The number of urea groups is 1. The van der Waals surface area contributed by atoms with Crippen molar-refractivity contribution in [3.63, 3.8) is 0 Å². The van der Waals surface area contributed by atoms with E-state index in [4.69, 9.17) is 9.84 Å². The lowest BCUT2D eigenvalue weighted by atomic mass is 10.1. The van der Waals surface area contributed by atoms with Crippen molar-refractivity contribution < 1.29 is 24.2 Å². The maximum atomic E-state index is 12.4. The van der Waals surface area contributed by atoms with Gasteiger partial charge < -0.3 is 15.2 Å². The van der Waals surface area contributed by atoms with E-state index in [1.165, 1.54) is 6.08 Å². The Hall–Kier alpha value is -3.65. The molecule has 3 aromatic rings. The average molecular weight is 481 g/mol. The van der Waals surface area contributed by atoms with Gasteiger partial charge in [0.25, 0.3) is 5.91 Å². The number of hydrogen-bond acceptors (Lipinski definition) is 4. The second-order valence-corrected chi connectivity index (χ2v) is 7.80. The van der Waals surface area contributed by atoms with Gasteiger partial charge in [-0.1, -0.05) is 58.4 Å². The van der Waals surface area contributed by atoms with Crippen LogP contribution in [0.1, 0.15) is 11.1 Å². The minimum Gasteiger partial charge on any atom is -0.488 e. The molecule has 1 saturated heterocycles. The summed E-state index contributed by atoms with van der Waals surface area (Å²) in [5.74, 6) is -1.46. The van der Waals surface area contributed by atoms with Crippen LogP contribution >= 0.6 is 15.9 Å². The molecule has 1 heterocycles. The van der Waals surface area contributed by atoms with Crippen LogP contribution in [0.4, 0.5) is 4.79 Å². The van der Waals surface area contributed by atoms with Gasteiger partial charge >= 0.3 is 12.0 Å². The zero-order valence-corrected chi connectivity index (χ0v) is 17.8. The second kappa shape index (κ2) is 8.61. The highest BCUT2D eigenvalue weighted by Gasteiger charge is 2.35. The summed E-state index contributed by atoms with van der Waals surface area (Å²) >= 11 is 3.40. The van der Waals surface area contributed by atoms with E-state index in [9.17, 15) is 14.4 Å². The summed E-state index contributed by atoms with van der Waals surface area (Å²) in [4.78, 5) is 35.9. The smallest absolute Gasteiger partial charge is 0.329 e. The number of carboxylic acids is 1. The largest absolute Gasteiger partial charge is 0.488 e. The predicted octanol–water partition coefficient (Wildman–Crippen LogP) is 4.16. The van der Waals surface area contributed by atoms with Gasteiger partial charge in [-0.05, 0) is 40.6 Å². The number of fused-ring (bicyclic) bond motifs is 1. The van der Waals surface area contributed by atoms with Gasteiger partial charge in [0.05, 0.1) is 0 Å². The molecule has 8 heteroatoms. The molecule has 0 aliphatic carbocycles. The van der Waals surface area contributed by atoms with Crippen LogP contribution in [0, 0.1) is 0 Å². The van der Waals surface area contributed by atoms with Gasteiger partial charge in [0.2, 0.25) is 0 Å². The molecule has 3 amide bonds. The minimum absolute atomic E-state index is 0.0145. The maximum absolute atomic E-state index is 12.4. The zero-order chi connectivity index (χ0) is 22.0. The van der Waals surface area contributed by atoms with Gasteiger partial charge in [0.15, 0.2) is 0 Å². The number of carboxylic acid groups (broad SMARTS) is 1. The van der Waals surface area contributed by atoms with Crippen LogP contribution in [-0.2, 0) is 16.2 Å². The number of amides is 3. The first kappa shape index (κ1) is 20.6.